The third-order valence-electron chi connectivity index (χ3n) is 4.33. The average molecular weight is 362 g/mol. The number of benzene rings is 2. The van der Waals surface area contributed by atoms with E-state index in [4.69, 9.17) is 4.74 Å². The number of nitrogens with one attached hydrogen (secondary N) is 2. The van der Waals surface area contributed by atoms with Gasteiger partial charge in [0.1, 0.15) is 5.75 Å². The molecule has 1 aliphatic heterocycles. The van der Waals surface area contributed by atoms with Crippen molar-refractivity contribution in [1.82, 2.24) is 10.6 Å². The van der Waals surface area contributed by atoms with Crippen LogP contribution in [0.25, 0.3) is 0 Å². The van der Waals surface area contributed by atoms with Gasteiger partial charge in [-0.2, -0.15) is 0 Å². The molecule has 5 nitrogen and oxygen atoms in total. The van der Waals surface area contributed by atoms with Gasteiger partial charge in [-0.3, -0.25) is 4.79 Å². The van der Waals surface area contributed by atoms with Gasteiger partial charge in [0.15, 0.2) is 11.6 Å². The van der Waals surface area contributed by atoms with Gasteiger partial charge in [-0.25, -0.2) is 8.78 Å². The molecule has 26 heavy (non-hydrogen) atoms. The molecule has 7 heteroatoms. The molecule has 0 aromatic heterocycles. The number of carbonyl (C=O) groups is 1. The topological polar surface area (TPSA) is 70.6 Å². The lowest BCUT2D eigenvalue weighted by atomic mass is 10.1. The third kappa shape index (κ3) is 4.36. The molecule has 1 aliphatic rings. The molecule has 2 aromatic carbocycles. The fourth-order valence-electron chi connectivity index (χ4n) is 2.84. The van der Waals surface area contributed by atoms with Gasteiger partial charge in [0.05, 0.1) is 6.10 Å². The molecule has 1 fully saturated rings. The number of hydrogen-bond acceptors (Lipinski definition) is 4. The fourth-order valence-corrected chi connectivity index (χ4v) is 2.84. The van der Waals surface area contributed by atoms with Crippen molar-refractivity contribution in [3.8, 4) is 5.75 Å². The largest absolute Gasteiger partial charge is 0.476 e. The zero-order valence-corrected chi connectivity index (χ0v) is 14.0. The lowest BCUT2D eigenvalue weighted by Gasteiger charge is -2.21. The van der Waals surface area contributed by atoms with Gasteiger partial charge in [0.25, 0.3) is 5.91 Å². The van der Waals surface area contributed by atoms with Crippen molar-refractivity contribution in [3.05, 3.63) is 65.7 Å². The van der Waals surface area contributed by atoms with Crippen molar-refractivity contribution in [2.45, 2.75) is 12.2 Å². The van der Waals surface area contributed by atoms with Crippen LogP contribution < -0.4 is 15.4 Å². The summed E-state index contributed by atoms with van der Waals surface area (Å²) < 4.78 is 32.2. The van der Waals surface area contributed by atoms with E-state index in [-0.39, 0.29) is 18.2 Å². The van der Waals surface area contributed by atoms with Gasteiger partial charge in [0.2, 0.25) is 6.10 Å². The molecule has 0 saturated carbocycles. The highest BCUT2D eigenvalue weighted by molar-refractivity contribution is 5.82. The highest BCUT2D eigenvalue weighted by Crippen LogP contribution is 2.24. The second kappa shape index (κ2) is 8.25. The summed E-state index contributed by atoms with van der Waals surface area (Å²) in [5, 5.41) is 15.6. The van der Waals surface area contributed by atoms with E-state index in [2.05, 4.69) is 10.6 Å². The Morgan fingerprint density at radius 2 is 1.96 bits per heavy atom. The molecular formula is C19H20F2N2O3. The van der Waals surface area contributed by atoms with Gasteiger partial charge < -0.3 is 20.5 Å². The third-order valence-corrected chi connectivity index (χ3v) is 4.33. The minimum Gasteiger partial charge on any atom is -0.476 e. The van der Waals surface area contributed by atoms with E-state index >= 15 is 0 Å². The second-order valence-electron chi connectivity index (χ2n) is 6.22. The van der Waals surface area contributed by atoms with Gasteiger partial charge >= 0.3 is 0 Å². The molecule has 3 N–H and O–H groups in total. The molecule has 0 spiro atoms. The maximum absolute atomic E-state index is 13.4. The number of carbonyl (C=O) groups excluding carboxylic acids is 1. The Kier molecular flexibility index (Phi) is 5.80. The summed E-state index contributed by atoms with van der Waals surface area (Å²) in [5.74, 6) is -2.48. The SMILES string of the molecule is O=C(NCC1CNCC1O)C(Oc1ccc(F)c(F)c1)c1ccccc1. The van der Waals surface area contributed by atoms with Gasteiger partial charge in [-0.05, 0) is 12.1 Å². The Balaban J connectivity index is 1.74. The molecule has 3 atom stereocenters. The smallest absolute Gasteiger partial charge is 0.265 e. The Morgan fingerprint density at radius 3 is 2.62 bits per heavy atom. The van der Waals surface area contributed by atoms with Gasteiger partial charge in [0, 0.05) is 37.2 Å². The van der Waals surface area contributed by atoms with Crippen LogP contribution in [0.2, 0.25) is 0 Å². The summed E-state index contributed by atoms with van der Waals surface area (Å²) >= 11 is 0. The highest BCUT2D eigenvalue weighted by atomic mass is 19.2. The lowest BCUT2D eigenvalue weighted by molar-refractivity contribution is -0.128. The van der Waals surface area contributed by atoms with E-state index in [0.717, 1.165) is 12.1 Å². The Morgan fingerprint density at radius 1 is 1.19 bits per heavy atom. The summed E-state index contributed by atoms with van der Waals surface area (Å²) in [6, 6.07) is 11.9. The van der Waals surface area contributed by atoms with Crippen LogP contribution in [0.4, 0.5) is 8.78 Å². The first-order valence-corrected chi connectivity index (χ1v) is 8.37. The summed E-state index contributed by atoms with van der Waals surface area (Å²) in [6.45, 7) is 1.40. The molecule has 1 saturated heterocycles. The van der Waals surface area contributed by atoms with Crippen LogP contribution >= 0.6 is 0 Å². The first-order valence-electron chi connectivity index (χ1n) is 8.37. The van der Waals surface area contributed by atoms with E-state index in [9.17, 15) is 18.7 Å². The van der Waals surface area contributed by atoms with Crippen LogP contribution in [0, 0.1) is 17.6 Å². The van der Waals surface area contributed by atoms with Crippen molar-refractivity contribution in [2.75, 3.05) is 19.6 Å². The van der Waals surface area contributed by atoms with Crippen molar-refractivity contribution < 1.29 is 23.4 Å². The van der Waals surface area contributed by atoms with Crippen LogP contribution in [-0.4, -0.2) is 36.8 Å². The number of hydrogen-bond donors (Lipinski definition) is 3. The predicted octanol–water partition coefficient (Wildman–Crippen LogP) is 1.78. The zero-order chi connectivity index (χ0) is 18.5. The maximum atomic E-state index is 13.4. The zero-order valence-electron chi connectivity index (χ0n) is 14.0. The first-order chi connectivity index (χ1) is 12.5. The molecule has 1 amide bonds. The van der Waals surface area contributed by atoms with E-state index in [0.29, 0.717) is 18.7 Å². The Bertz CT molecular complexity index is 758. The number of halogens is 2. The number of aliphatic hydroxyl groups is 1. The maximum Gasteiger partial charge on any atom is 0.265 e. The molecule has 138 valence electrons. The summed E-state index contributed by atoms with van der Waals surface area (Å²) in [5.41, 5.74) is 0.583. The Labute approximate surface area is 150 Å². The number of β-amino-alcohol motifs (C(OH)–C–C–N with tert-alkyl or cyclic N) is 1. The normalized spacial score (nSPS) is 20.6. The monoisotopic (exact) mass is 362 g/mol. The van der Waals surface area contributed by atoms with E-state index in [1.54, 1.807) is 30.3 Å². The van der Waals surface area contributed by atoms with Crippen molar-refractivity contribution >= 4 is 5.91 Å². The minimum absolute atomic E-state index is 0.0514. The summed E-state index contributed by atoms with van der Waals surface area (Å²) in [4.78, 5) is 12.7. The number of amides is 1. The Hall–Kier alpha value is -2.51. The van der Waals surface area contributed by atoms with Gasteiger partial charge in [-0.1, -0.05) is 30.3 Å². The van der Waals surface area contributed by atoms with E-state index in [1.165, 1.54) is 6.07 Å². The summed E-state index contributed by atoms with van der Waals surface area (Å²) in [7, 11) is 0. The molecule has 2 aromatic rings. The fraction of sp³-hybridized carbons (Fsp3) is 0.316. The number of aliphatic hydroxyl groups excluding tert-OH is 1. The highest BCUT2D eigenvalue weighted by Gasteiger charge is 2.28. The average Bonchev–Trinajstić information content (AvgIpc) is 3.06. The molecule has 3 unspecified atom stereocenters. The predicted molar refractivity (Wildman–Crippen MR) is 91.5 cm³/mol. The van der Waals surface area contributed by atoms with Crippen LogP contribution in [0.15, 0.2) is 48.5 Å². The van der Waals surface area contributed by atoms with Crippen LogP contribution in [0.3, 0.4) is 0 Å². The van der Waals surface area contributed by atoms with Crippen molar-refractivity contribution in [2.24, 2.45) is 5.92 Å². The minimum atomic E-state index is -1.05. The lowest BCUT2D eigenvalue weighted by Crippen LogP contribution is -2.38. The summed E-state index contributed by atoms with van der Waals surface area (Å²) in [6.07, 6.45) is -1.54. The number of ether oxygens (including phenoxy) is 1. The van der Waals surface area contributed by atoms with Gasteiger partial charge in [-0.15, -0.1) is 0 Å². The van der Waals surface area contributed by atoms with Crippen LogP contribution in [-0.2, 0) is 4.79 Å². The molecule has 1 heterocycles. The molecular weight excluding hydrogens is 342 g/mol. The number of rotatable bonds is 6. The van der Waals surface area contributed by atoms with Crippen molar-refractivity contribution in [3.63, 3.8) is 0 Å². The molecule has 0 bridgehead atoms. The molecule has 0 aliphatic carbocycles. The molecule has 0 radical (unpaired) electrons. The quantitative estimate of drug-likeness (QED) is 0.733. The second-order valence-corrected chi connectivity index (χ2v) is 6.22. The van der Waals surface area contributed by atoms with E-state index in [1.807, 2.05) is 0 Å². The van der Waals surface area contributed by atoms with Crippen LogP contribution in [0.1, 0.15) is 11.7 Å². The van der Waals surface area contributed by atoms with Crippen molar-refractivity contribution in [1.29, 1.82) is 0 Å². The molecule has 3 rings (SSSR count). The standard InChI is InChI=1S/C19H20F2N2O3/c20-15-7-6-14(8-16(15)21)26-18(12-4-2-1-3-5-12)19(25)23-10-13-9-22-11-17(13)24/h1-8,13,17-18,22,24H,9-11H2,(H,23,25). The van der Waals surface area contributed by atoms with Crippen LogP contribution in [0.5, 0.6) is 5.75 Å². The first kappa shape index (κ1) is 18.3. The van der Waals surface area contributed by atoms with E-state index < -0.39 is 29.7 Å².